The Balaban J connectivity index is 2.19. The number of nitrogens with one attached hydrogen (secondary N) is 1. The second kappa shape index (κ2) is 6.51. The SMILES string of the molecule is CNc1nc(OC)nc(N2CCCC2CCCO)n1. The fourth-order valence-electron chi connectivity index (χ4n) is 2.40. The molecule has 0 saturated carbocycles. The smallest absolute Gasteiger partial charge is 0.322 e. The van der Waals surface area contributed by atoms with Crippen LogP contribution in [0.15, 0.2) is 0 Å². The topological polar surface area (TPSA) is 83.4 Å². The van der Waals surface area contributed by atoms with Gasteiger partial charge in [-0.3, -0.25) is 0 Å². The van der Waals surface area contributed by atoms with Crippen molar-refractivity contribution in [1.29, 1.82) is 0 Å². The number of aliphatic hydroxyl groups is 1. The minimum atomic E-state index is 0.229. The quantitative estimate of drug-likeness (QED) is 0.783. The molecule has 1 aromatic heterocycles. The Bertz CT molecular complexity index is 393. The van der Waals surface area contributed by atoms with E-state index in [1.807, 2.05) is 0 Å². The predicted molar refractivity (Wildman–Crippen MR) is 72.6 cm³/mol. The van der Waals surface area contributed by atoms with Crippen LogP contribution < -0.4 is 15.0 Å². The zero-order chi connectivity index (χ0) is 13.7. The van der Waals surface area contributed by atoms with Crippen molar-refractivity contribution < 1.29 is 9.84 Å². The molecule has 0 bridgehead atoms. The van der Waals surface area contributed by atoms with Gasteiger partial charge in [0, 0.05) is 26.2 Å². The molecular formula is C12H21N5O2. The molecule has 19 heavy (non-hydrogen) atoms. The Morgan fingerprint density at radius 3 is 2.95 bits per heavy atom. The highest BCUT2D eigenvalue weighted by Crippen LogP contribution is 2.26. The van der Waals surface area contributed by atoms with Crippen LogP contribution in [0.4, 0.5) is 11.9 Å². The molecule has 0 radical (unpaired) electrons. The molecule has 2 heterocycles. The van der Waals surface area contributed by atoms with Crippen LogP contribution in [0.2, 0.25) is 0 Å². The first-order valence-corrected chi connectivity index (χ1v) is 6.63. The maximum atomic E-state index is 8.96. The van der Waals surface area contributed by atoms with Gasteiger partial charge in [0.2, 0.25) is 11.9 Å². The molecule has 7 nitrogen and oxygen atoms in total. The lowest BCUT2D eigenvalue weighted by Crippen LogP contribution is -2.31. The highest BCUT2D eigenvalue weighted by molar-refractivity contribution is 5.40. The van der Waals surface area contributed by atoms with Gasteiger partial charge in [0.15, 0.2) is 0 Å². The number of hydrogen-bond donors (Lipinski definition) is 2. The lowest BCUT2D eigenvalue weighted by molar-refractivity contribution is 0.279. The molecule has 1 saturated heterocycles. The molecule has 2 N–H and O–H groups in total. The van der Waals surface area contributed by atoms with E-state index in [1.54, 1.807) is 14.2 Å². The van der Waals surface area contributed by atoms with Crippen molar-refractivity contribution >= 4 is 11.9 Å². The highest BCUT2D eigenvalue weighted by atomic mass is 16.5. The van der Waals surface area contributed by atoms with E-state index in [4.69, 9.17) is 9.84 Å². The fraction of sp³-hybridized carbons (Fsp3) is 0.750. The highest BCUT2D eigenvalue weighted by Gasteiger charge is 2.27. The summed E-state index contributed by atoms with van der Waals surface area (Å²) in [6.45, 7) is 1.17. The van der Waals surface area contributed by atoms with Crippen molar-refractivity contribution in [1.82, 2.24) is 15.0 Å². The van der Waals surface area contributed by atoms with Gasteiger partial charge in [0.05, 0.1) is 7.11 Å². The van der Waals surface area contributed by atoms with Crippen molar-refractivity contribution in [3.63, 3.8) is 0 Å². The monoisotopic (exact) mass is 267 g/mol. The fourth-order valence-corrected chi connectivity index (χ4v) is 2.40. The van der Waals surface area contributed by atoms with Crippen LogP contribution in [-0.4, -0.2) is 53.4 Å². The molecule has 1 fully saturated rings. The summed E-state index contributed by atoms with van der Waals surface area (Å²) >= 11 is 0. The van der Waals surface area contributed by atoms with Gasteiger partial charge in [0.1, 0.15) is 0 Å². The Hall–Kier alpha value is -1.63. The van der Waals surface area contributed by atoms with E-state index in [9.17, 15) is 0 Å². The van der Waals surface area contributed by atoms with Gasteiger partial charge in [0.25, 0.3) is 0 Å². The Morgan fingerprint density at radius 1 is 1.42 bits per heavy atom. The maximum Gasteiger partial charge on any atom is 0.322 e. The van der Waals surface area contributed by atoms with Crippen LogP contribution >= 0.6 is 0 Å². The van der Waals surface area contributed by atoms with Crippen molar-refractivity contribution in [3.8, 4) is 6.01 Å². The van der Waals surface area contributed by atoms with Gasteiger partial charge in [-0.15, -0.1) is 0 Å². The number of ether oxygens (including phenoxy) is 1. The molecule has 7 heteroatoms. The summed E-state index contributed by atoms with van der Waals surface area (Å²) in [5, 5.41) is 11.9. The Morgan fingerprint density at radius 2 is 2.26 bits per heavy atom. The molecule has 1 aliphatic rings. The van der Waals surface area contributed by atoms with Gasteiger partial charge in [-0.05, 0) is 25.7 Å². The molecule has 0 amide bonds. The average Bonchev–Trinajstić information content (AvgIpc) is 2.92. The van der Waals surface area contributed by atoms with E-state index in [2.05, 4.69) is 25.2 Å². The zero-order valence-corrected chi connectivity index (χ0v) is 11.5. The van der Waals surface area contributed by atoms with E-state index in [-0.39, 0.29) is 6.61 Å². The lowest BCUT2D eigenvalue weighted by Gasteiger charge is -2.24. The van der Waals surface area contributed by atoms with Gasteiger partial charge in [-0.25, -0.2) is 0 Å². The molecule has 1 aromatic rings. The first kappa shape index (κ1) is 13.8. The minimum Gasteiger partial charge on any atom is -0.467 e. The average molecular weight is 267 g/mol. The Kier molecular flexibility index (Phi) is 4.73. The molecule has 1 aliphatic heterocycles. The number of hydrogen-bond acceptors (Lipinski definition) is 7. The summed E-state index contributed by atoms with van der Waals surface area (Å²) in [6, 6.07) is 0.714. The molecule has 0 aromatic carbocycles. The van der Waals surface area contributed by atoms with Crippen LogP contribution in [0, 0.1) is 0 Å². The van der Waals surface area contributed by atoms with Crippen LogP contribution in [0.3, 0.4) is 0 Å². The van der Waals surface area contributed by atoms with E-state index < -0.39 is 0 Å². The normalized spacial score (nSPS) is 18.7. The summed E-state index contributed by atoms with van der Waals surface area (Å²) in [4.78, 5) is 15.0. The summed E-state index contributed by atoms with van der Waals surface area (Å²) in [5.74, 6) is 1.16. The van der Waals surface area contributed by atoms with Gasteiger partial charge < -0.3 is 20.1 Å². The first-order valence-electron chi connectivity index (χ1n) is 6.63. The molecule has 1 unspecified atom stereocenters. The lowest BCUT2D eigenvalue weighted by atomic mass is 10.1. The predicted octanol–water partition coefficient (Wildman–Crippen LogP) is 0.663. The minimum absolute atomic E-state index is 0.229. The zero-order valence-electron chi connectivity index (χ0n) is 11.5. The van der Waals surface area contributed by atoms with Crippen LogP contribution in [0.5, 0.6) is 6.01 Å². The van der Waals surface area contributed by atoms with Crippen molar-refractivity contribution in [2.45, 2.75) is 31.7 Å². The molecular weight excluding hydrogens is 246 g/mol. The number of methoxy groups -OCH3 is 1. The second-order valence-electron chi connectivity index (χ2n) is 4.55. The number of aromatic nitrogens is 3. The van der Waals surface area contributed by atoms with Crippen LogP contribution in [-0.2, 0) is 0 Å². The van der Waals surface area contributed by atoms with Crippen molar-refractivity contribution in [2.24, 2.45) is 0 Å². The van der Waals surface area contributed by atoms with Crippen molar-refractivity contribution in [3.05, 3.63) is 0 Å². The van der Waals surface area contributed by atoms with Crippen LogP contribution in [0.1, 0.15) is 25.7 Å². The molecule has 106 valence electrons. The number of rotatable bonds is 6. The summed E-state index contributed by atoms with van der Waals surface area (Å²) in [7, 11) is 3.32. The number of nitrogens with zero attached hydrogens (tertiary/aromatic N) is 4. The maximum absolute atomic E-state index is 8.96. The van der Waals surface area contributed by atoms with Gasteiger partial charge in [-0.2, -0.15) is 15.0 Å². The number of aliphatic hydroxyl groups excluding tert-OH is 1. The standard InChI is InChI=1S/C12H21N5O2/c1-13-10-14-11(16-12(15-10)19-2)17-7-3-5-9(17)6-4-8-18/h9,18H,3-8H2,1-2H3,(H,13,14,15,16). The molecule has 1 atom stereocenters. The number of anilines is 2. The van der Waals surface area contributed by atoms with Crippen LogP contribution in [0.25, 0.3) is 0 Å². The van der Waals surface area contributed by atoms with E-state index >= 15 is 0 Å². The summed E-state index contributed by atoms with van der Waals surface area (Å²) < 4.78 is 5.10. The molecule has 0 spiro atoms. The van der Waals surface area contributed by atoms with E-state index in [0.717, 1.165) is 32.2 Å². The third-order valence-electron chi connectivity index (χ3n) is 3.34. The third-order valence-corrected chi connectivity index (χ3v) is 3.34. The largest absolute Gasteiger partial charge is 0.467 e. The Labute approximate surface area is 113 Å². The van der Waals surface area contributed by atoms with Crippen molar-refractivity contribution in [2.75, 3.05) is 37.5 Å². The van der Waals surface area contributed by atoms with Gasteiger partial charge in [-0.1, -0.05) is 0 Å². The van der Waals surface area contributed by atoms with E-state index in [1.165, 1.54) is 0 Å². The first-order chi connectivity index (χ1) is 9.28. The van der Waals surface area contributed by atoms with E-state index in [0.29, 0.717) is 23.9 Å². The summed E-state index contributed by atoms with van der Waals surface area (Å²) in [6.07, 6.45) is 4.00. The third kappa shape index (κ3) is 3.23. The second-order valence-corrected chi connectivity index (χ2v) is 4.55. The molecule has 0 aliphatic carbocycles. The summed E-state index contributed by atoms with van der Waals surface area (Å²) in [5.41, 5.74) is 0. The van der Waals surface area contributed by atoms with Gasteiger partial charge >= 0.3 is 6.01 Å². The molecule has 2 rings (SSSR count).